The third-order valence-electron chi connectivity index (χ3n) is 7.21. The highest BCUT2D eigenvalue weighted by molar-refractivity contribution is 5.84. The minimum absolute atomic E-state index is 0.0332. The Morgan fingerprint density at radius 1 is 0.868 bits per heavy atom. The predicted molar refractivity (Wildman–Crippen MR) is 153 cm³/mol. The van der Waals surface area contributed by atoms with Gasteiger partial charge in [0.05, 0.1) is 6.54 Å². The van der Waals surface area contributed by atoms with Crippen LogP contribution in [0.3, 0.4) is 0 Å². The predicted octanol–water partition coefficient (Wildman–Crippen LogP) is 5.94. The van der Waals surface area contributed by atoms with Crippen LogP contribution in [0.15, 0.2) is 48.5 Å². The van der Waals surface area contributed by atoms with Gasteiger partial charge in [-0.25, -0.2) is 0 Å². The van der Waals surface area contributed by atoms with Gasteiger partial charge in [0, 0.05) is 39.5 Å². The number of hydrogen-bond donors (Lipinski definition) is 1. The van der Waals surface area contributed by atoms with E-state index in [1.165, 1.54) is 12.8 Å². The van der Waals surface area contributed by atoms with E-state index in [0.717, 1.165) is 60.9 Å². The average molecular weight is 520 g/mol. The quantitative estimate of drug-likeness (QED) is 0.279. The lowest BCUT2D eigenvalue weighted by molar-refractivity contribution is -0.136. The number of amides is 3. The molecule has 1 N–H and O–H groups in total. The SMILES string of the molecule is CCCCCC(=O)N(CC(=O)NCC1CC1)Cc1ccc(-c2ccccc2CN(CCCC)C(C)=O)cc1. The van der Waals surface area contributed by atoms with Gasteiger partial charge < -0.3 is 15.1 Å². The van der Waals surface area contributed by atoms with Crippen LogP contribution in [-0.4, -0.2) is 47.2 Å². The highest BCUT2D eigenvalue weighted by Gasteiger charge is 2.23. The molecular weight excluding hydrogens is 474 g/mol. The molecule has 2 aromatic rings. The van der Waals surface area contributed by atoms with Crippen LogP contribution in [0.1, 0.15) is 83.3 Å². The van der Waals surface area contributed by atoms with E-state index < -0.39 is 0 Å². The number of carbonyl (C=O) groups is 3. The van der Waals surface area contributed by atoms with Crippen molar-refractivity contribution < 1.29 is 14.4 Å². The molecule has 3 rings (SSSR count). The second-order valence-electron chi connectivity index (χ2n) is 10.6. The highest BCUT2D eigenvalue weighted by atomic mass is 16.2. The summed E-state index contributed by atoms with van der Waals surface area (Å²) in [7, 11) is 0. The Balaban J connectivity index is 1.70. The Kier molecular flexibility index (Phi) is 11.8. The number of unbranched alkanes of at least 4 members (excludes halogenated alkanes) is 3. The number of rotatable bonds is 16. The van der Waals surface area contributed by atoms with Crippen LogP contribution in [-0.2, 0) is 27.5 Å². The van der Waals surface area contributed by atoms with E-state index in [1.54, 1.807) is 11.8 Å². The zero-order valence-corrected chi connectivity index (χ0v) is 23.5. The van der Waals surface area contributed by atoms with E-state index in [2.05, 4.69) is 43.4 Å². The molecule has 0 atom stereocenters. The lowest BCUT2D eigenvalue weighted by atomic mass is 9.98. The normalized spacial score (nSPS) is 12.7. The monoisotopic (exact) mass is 519 g/mol. The van der Waals surface area contributed by atoms with E-state index in [0.29, 0.717) is 32.0 Å². The molecule has 1 aliphatic rings. The van der Waals surface area contributed by atoms with Crippen LogP contribution >= 0.6 is 0 Å². The fourth-order valence-corrected chi connectivity index (χ4v) is 4.58. The molecular formula is C32H45N3O3. The molecule has 0 bridgehead atoms. The first-order chi connectivity index (χ1) is 18.4. The number of nitrogens with one attached hydrogen (secondary N) is 1. The molecule has 6 nitrogen and oxygen atoms in total. The second-order valence-corrected chi connectivity index (χ2v) is 10.6. The molecule has 38 heavy (non-hydrogen) atoms. The van der Waals surface area contributed by atoms with E-state index in [-0.39, 0.29) is 24.3 Å². The largest absolute Gasteiger partial charge is 0.354 e. The van der Waals surface area contributed by atoms with Crippen LogP contribution in [0.2, 0.25) is 0 Å². The van der Waals surface area contributed by atoms with Gasteiger partial charge >= 0.3 is 0 Å². The molecule has 0 radical (unpaired) electrons. The zero-order chi connectivity index (χ0) is 27.3. The van der Waals surface area contributed by atoms with Gasteiger partial charge in [0.25, 0.3) is 0 Å². The first-order valence-corrected chi connectivity index (χ1v) is 14.4. The van der Waals surface area contributed by atoms with Crippen LogP contribution < -0.4 is 5.32 Å². The Hall–Kier alpha value is -3.15. The van der Waals surface area contributed by atoms with Gasteiger partial charge in [0.1, 0.15) is 0 Å². The Morgan fingerprint density at radius 2 is 1.58 bits per heavy atom. The van der Waals surface area contributed by atoms with E-state index in [4.69, 9.17) is 0 Å². The molecule has 1 fully saturated rings. The molecule has 2 aromatic carbocycles. The Labute approximate surface area is 228 Å². The van der Waals surface area contributed by atoms with E-state index in [1.807, 2.05) is 29.2 Å². The zero-order valence-electron chi connectivity index (χ0n) is 23.5. The highest BCUT2D eigenvalue weighted by Crippen LogP contribution is 2.28. The Morgan fingerprint density at radius 3 is 2.24 bits per heavy atom. The average Bonchev–Trinajstić information content (AvgIpc) is 3.75. The van der Waals surface area contributed by atoms with Gasteiger partial charge in [-0.15, -0.1) is 0 Å². The van der Waals surface area contributed by atoms with Crippen molar-refractivity contribution in [3.05, 3.63) is 59.7 Å². The summed E-state index contributed by atoms with van der Waals surface area (Å²) in [5.41, 5.74) is 4.30. The first kappa shape index (κ1) is 29.4. The van der Waals surface area contributed by atoms with Gasteiger partial charge in [-0.05, 0) is 53.9 Å². The summed E-state index contributed by atoms with van der Waals surface area (Å²) in [4.78, 5) is 41.4. The van der Waals surface area contributed by atoms with Crippen molar-refractivity contribution in [1.82, 2.24) is 15.1 Å². The topological polar surface area (TPSA) is 69.7 Å². The van der Waals surface area contributed by atoms with Crippen molar-refractivity contribution in [3.63, 3.8) is 0 Å². The summed E-state index contributed by atoms with van der Waals surface area (Å²) in [6.45, 7) is 8.46. The third kappa shape index (κ3) is 9.62. The van der Waals surface area contributed by atoms with Crippen molar-refractivity contribution in [3.8, 4) is 11.1 Å². The molecule has 0 unspecified atom stereocenters. The molecule has 0 aliphatic heterocycles. The number of hydrogen-bond acceptors (Lipinski definition) is 3. The van der Waals surface area contributed by atoms with Crippen LogP contribution in [0.5, 0.6) is 0 Å². The molecule has 0 saturated heterocycles. The van der Waals surface area contributed by atoms with Crippen molar-refractivity contribution in [2.45, 2.75) is 85.2 Å². The van der Waals surface area contributed by atoms with Crippen molar-refractivity contribution >= 4 is 17.7 Å². The molecule has 1 aliphatic carbocycles. The van der Waals surface area contributed by atoms with E-state index >= 15 is 0 Å². The molecule has 3 amide bonds. The standard InChI is InChI=1S/C32H45N3O3/c1-4-6-8-13-32(38)35(24-31(37)33-21-26-14-15-26)22-27-16-18-28(19-17-27)30-12-10-9-11-29(30)23-34(25(3)36)20-7-5-2/h9-12,16-19,26H,4-8,13-15,20-24H2,1-3H3,(H,33,37). The maximum absolute atomic E-state index is 13.0. The van der Waals surface area contributed by atoms with Gasteiger partial charge in [-0.1, -0.05) is 81.6 Å². The van der Waals surface area contributed by atoms with Gasteiger partial charge in [-0.3, -0.25) is 14.4 Å². The second kappa shape index (κ2) is 15.3. The van der Waals surface area contributed by atoms with Crippen molar-refractivity contribution in [1.29, 1.82) is 0 Å². The third-order valence-corrected chi connectivity index (χ3v) is 7.21. The minimum Gasteiger partial charge on any atom is -0.354 e. The molecule has 1 saturated carbocycles. The maximum atomic E-state index is 13.0. The van der Waals surface area contributed by atoms with Crippen LogP contribution in [0.4, 0.5) is 0 Å². The summed E-state index contributed by atoms with van der Waals surface area (Å²) >= 11 is 0. The summed E-state index contributed by atoms with van der Waals surface area (Å²) in [6, 6.07) is 16.4. The van der Waals surface area contributed by atoms with Crippen LogP contribution in [0, 0.1) is 5.92 Å². The maximum Gasteiger partial charge on any atom is 0.239 e. The molecule has 0 spiro atoms. The van der Waals surface area contributed by atoms with Gasteiger partial charge in [-0.2, -0.15) is 0 Å². The Bertz CT molecular complexity index is 1050. The molecule has 6 heteroatoms. The van der Waals surface area contributed by atoms with Gasteiger partial charge in [0.2, 0.25) is 17.7 Å². The summed E-state index contributed by atoms with van der Waals surface area (Å²) in [5.74, 6) is 0.654. The summed E-state index contributed by atoms with van der Waals surface area (Å²) < 4.78 is 0. The molecule has 0 heterocycles. The summed E-state index contributed by atoms with van der Waals surface area (Å²) in [6.07, 6.45) is 7.79. The first-order valence-electron chi connectivity index (χ1n) is 14.4. The van der Waals surface area contributed by atoms with Gasteiger partial charge in [0.15, 0.2) is 0 Å². The minimum atomic E-state index is -0.0793. The lowest BCUT2D eigenvalue weighted by Gasteiger charge is -2.23. The van der Waals surface area contributed by atoms with Crippen LogP contribution in [0.25, 0.3) is 11.1 Å². The summed E-state index contributed by atoms with van der Waals surface area (Å²) in [5, 5.41) is 3.00. The molecule has 206 valence electrons. The van der Waals surface area contributed by atoms with Crippen molar-refractivity contribution in [2.75, 3.05) is 19.6 Å². The number of carbonyl (C=O) groups excluding carboxylic acids is 3. The molecule has 0 aromatic heterocycles. The van der Waals surface area contributed by atoms with E-state index in [9.17, 15) is 14.4 Å². The lowest BCUT2D eigenvalue weighted by Crippen LogP contribution is -2.40. The smallest absolute Gasteiger partial charge is 0.239 e. The van der Waals surface area contributed by atoms with Crippen molar-refractivity contribution in [2.24, 2.45) is 5.92 Å². The number of nitrogens with zero attached hydrogens (tertiary/aromatic N) is 2. The number of benzene rings is 2. The fourth-order valence-electron chi connectivity index (χ4n) is 4.58. The fraction of sp³-hybridized carbons (Fsp3) is 0.531.